The topological polar surface area (TPSA) is 259 Å². The number of unbranched alkanes of at least 4 members (excludes halogenated alkanes) is 1. The largest absolute Gasteiger partial charge is 0.480 e. The molecule has 2 aliphatic rings. The summed E-state index contributed by atoms with van der Waals surface area (Å²) in [5.74, 6) is -1.97. The van der Waals surface area contributed by atoms with Crippen LogP contribution in [0.2, 0.25) is 0 Å². The van der Waals surface area contributed by atoms with Gasteiger partial charge in [0.1, 0.15) is 25.2 Å². The lowest BCUT2D eigenvalue weighted by molar-refractivity contribution is -0.136. The number of aliphatic carboxylic acids is 1. The Morgan fingerprint density at radius 3 is 2.41 bits per heavy atom. The summed E-state index contributed by atoms with van der Waals surface area (Å²) in [6.45, 7) is 3.04. The van der Waals surface area contributed by atoms with Crippen LogP contribution < -0.4 is 43.0 Å². The van der Waals surface area contributed by atoms with Crippen LogP contribution in [-0.4, -0.2) is 95.2 Å². The molecule has 5 atom stereocenters. The third-order valence-corrected chi connectivity index (χ3v) is 9.43. The van der Waals surface area contributed by atoms with Gasteiger partial charge in [0.05, 0.1) is 12.1 Å². The molecule has 2 saturated heterocycles. The fourth-order valence-corrected chi connectivity index (χ4v) is 6.91. The molecule has 10 N–H and O–H groups in total. The summed E-state index contributed by atoms with van der Waals surface area (Å²) in [5.41, 5.74) is 6.11. The van der Waals surface area contributed by atoms with E-state index in [4.69, 9.17) is 15.6 Å². The molecule has 0 unspecified atom stereocenters. The second-order valence-electron chi connectivity index (χ2n) is 12.2. The number of nitrogens with two attached hydrogens (primary N) is 1. The number of carboxylic acids is 1. The Kier molecular flexibility index (Phi) is 15.2. The van der Waals surface area contributed by atoms with E-state index in [9.17, 15) is 33.6 Å². The number of urea groups is 2. The number of carboxylic acid groups (broad SMARTS) is 1. The van der Waals surface area contributed by atoms with Crippen molar-refractivity contribution < 1.29 is 43.4 Å². The van der Waals surface area contributed by atoms with E-state index in [-0.39, 0.29) is 55.9 Å². The maximum absolute atomic E-state index is 13.4. The predicted octanol–water partition coefficient (Wildman–Crippen LogP) is 0.736. The van der Waals surface area contributed by atoms with Crippen molar-refractivity contribution >= 4 is 59.3 Å². The number of thioether (sulfide) groups is 1. The Morgan fingerprint density at radius 1 is 1.00 bits per heavy atom. The minimum Gasteiger partial charge on any atom is -0.480 e. The third-order valence-electron chi connectivity index (χ3n) is 7.92. The van der Waals surface area contributed by atoms with Crippen LogP contribution in [0.3, 0.4) is 0 Å². The predicted molar refractivity (Wildman–Crippen MR) is 180 cm³/mol. The van der Waals surface area contributed by atoms with Crippen molar-refractivity contribution in [2.24, 2.45) is 11.7 Å². The van der Waals surface area contributed by atoms with Crippen molar-refractivity contribution in [3.63, 3.8) is 0 Å². The molecular formula is C31H46N8O9S. The molecule has 0 saturated carbocycles. The average Bonchev–Trinajstić information content (AvgIpc) is 3.60. The normalized spacial score (nSPS) is 19.0. The zero-order valence-corrected chi connectivity index (χ0v) is 28.4. The van der Waals surface area contributed by atoms with E-state index < -0.39 is 48.5 Å². The first-order valence-electron chi connectivity index (χ1n) is 16.2. The molecule has 2 heterocycles. The zero-order chi connectivity index (χ0) is 35.9. The zero-order valence-electron chi connectivity index (χ0n) is 27.5. The lowest BCUT2D eigenvalue weighted by Gasteiger charge is -2.25. The van der Waals surface area contributed by atoms with E-state index in [1.807, 2.05) is 11.8 Å². The smallest absolute Gasteiger partial charge is 0.407 e. The number of anilines is 1. The van der Waals surface area contributed by atoms with Crippen LogP contribution >= 0.6 is 11.8 Å². The molecule has 2 aliphatic heterocycles. The summed E-state index contributed by atoms with van der Waals surface area (Å²) >= 11 is 1.81. The Morgan fingerprint density at radius 2 is 1.73 bits per heavy atom. The van der Waals surface area contributed by atoms with Gasteiger partial charge in [-0.05, 0) is 49.3 Å². The number of nitrogens with one attached hydrogen (secondary N) is 7. The molecule has 17 nitrogen and oxygen atoms in total. The number of primary amides is 1. The lowest BCUT2D eigenvalue weighted by Crippen LogP contribution is -2.54. The van der Waals surface area contributed by atoms with Crippen LogP contribution in [0, 0.1) is 5.92 Å². The van der Waals surface area contributed by atoms with Crippen LogP contribution in [0.4, 0.5) is 20.1 Å². The standard InChI is InChI=1S/C31H46N8O9S/c1-17(2)25(38-23(40)8-4-3-7-22-26-21(16-49-22)37-30(46)39-26)28(44)36-20(6-5-13-33-29(32)45)27(43)35-19-11-9-18(10-12-19)15-48-31(47)34-14-24(41)42/h9-12,17,20-22,25-26H,3-8,13-16H2,1-2H3,(H,34,47)(H,35,43)(H,36,44)(H,38,40)(H,41,42)(H3,32,33,45)(H2,37,39,46)/t20-,21+,22+,25-,26+/m0/s1. The van der Waals surface area contributed by atoms with E-state index >= 15 is 0 Å². The molecule has 0 spiro atoms. The summed E-state index contributed by atoms with van der Waals surface area (Å²) in [4.78, 5) is 84.4. The first kappa shape index (κ1) is 38.7. The molecule has 0 radical (unpaired) electrons. The van der Waals surface area contributed by atoms with Crippen molar-refractivity contribution in [3.05, 3.63) is 29.8 Å². The Hall–Kier alpha value is -4.74. The molecule has 1 aromatic rings. The highest BCUT2D eigenvalue weighted by atomic mass is 32.2. The van der Waals surface area contributed by atoms with Crippen LogP contribution in [0.25, 0.3) is 0 Å². The highest BCUT2D eigenvalue weighted by molar-refractivity contribution is 8.00. The molecule has 18 heteroatoms. The minimum absolute atomic E-state index is 0.101. The van der Waals surface area contributed by atoms with Gasteiger partial charge in [0.25, 0.3) is 0 Å². The van der Waals surface area contributed by atoms with E-state index in [1.54, 1.807) is 38.1 Å². The molecule has 2 fully saturated rings. The molecule has 0 aliphatic carbocycles. The molecule has 49 heavy (non-hydrogen) atoms. The van der Waals surface area contributed by atoms with E-state index in [0.29, 0.717) is 29.3 Å². The summed E-state index contributed by atoms with van der Waals surface area (Å²) in [7, 11) is 0. The molecule has 0 aromatic heterocycles. The van der Waals surface area contributed by atoms with Gasteiger partial charge in [-0.15, -0.1) is 0 Å². The van der Waals surface area contributed by atoms with Crippen molar-refractivity contribution in [2.45, 2.75) is 88.4 Å². The monoisotopic (exact) mass is 706 g/mol. The lowest BCUT2D eigenvalue weighted by atomic mass is 10.0. The number of alkyl carbamates (subject to hydrolysis) is 1. The summed E-state index contributed by atoms with van der Waals surface area (Å²) in [6.07, 6.45) is 2.08. The third kappa shape index (κ3) is 13.4. The van der Waals surface area contributed by atoms with Gasteiger partial charge >= 0.3 is 24.1 Å². The highest BCUT2D eigenvalue weighted by Gasteiger charge is 2.42. The summed E-state index contributed by atoms with van der Waals surface area (Å²) in [5, 5.41) is 27.6. The number of fused-ring (bicyclic) bond motifs is 1. The van der Waals surface area contributed by atoms with Gasteiger partial charge in [-0.2, -0.15) is 11.8 Å². The van der Waals surface area contributed by atoms with Gasteiger partial charge in [0.2, 0.25) is 17.7 Å². The summed E-state index contributed by atoms with van der Waals surface area (Å²) < 4.78 is 4.95. The first-order chi connectivity index (χ1) is 23.3. The highest BCUT2D eigenvalue weighted by Crippen LogP contribution is 2.33. The van der Waals surface area contributed by atoms with Crippen LogP contribution in [0.15, 0.2) is 24.3 Å². The maximum Gasteiger partial charge on any atom is 0.407 e. The van der Waals surface area contributed by atoms with Gasteiger partial charge in [-0.1, -0.05) is 32.4 Å². The molecule has 0 bridgehead atoms. The van der Waals surface area contributed by atoms with E-state index in [0.717, 1.165) is 18.6 Å². The number of hydrogen-bond acceptors (Lipinski definition) is 9. The Bertz CT molecular complexity index is 1350. The molecule has 8 amide bonds. The number of ether oxygens (including phenoxy) is 1. The Labute approximate surface area is 288 Å². The van der Waals surface area contributed by atoms with Crippen molar-refractivity contribution in [1.82, 2.24) is 31.9 Å². The molecule has 1 aromatic carbocycles. The van der Waals surface area contributed by atoms with Crippen molar-refractivity contribution in [2.75, 3.05) is 24.2 Å². The number of benzene rings is 1. The average molecular weight is 707 g/mol. The van der Waals surface area contributed by atoms with Gasteiger partial charge < -0.3 is 52.8 Å². The quantitative estimate of drug-likeness (QED) is 0.0720. The van der Waals surface area contributed by atoms with Crippen LogP contribution in [-0.2, 0) is 30.5 Å². The van der Waals surface area contributed by atoms with Gasteiger partial charge in [-0.3, -0.25) is 19.2 Å². The second-order valence-corrected chi connectivity index (χ2v) is 13.4. The van der Waals surface area contributed by atoms with Gasteiger partial charge in [-0.25, -0.2) is 14.4 Å². The number of carbonyl (C=O) groups excluding carboxylic acids is 6. The number of hydrogen-bond donors (Lipinski definition) is 9. The molecule has 3 rings (SSSR count). The second kappa shape index (κ2) is 19.3. The molecule has 270 valence electrons. The van der Waals surface area contributed by atoms with Crippen LogP contribution in [0.5, 0.6) is 0 Å². The molecular weight excluding hydrogens is 660 g/mol. The fraction of sp³-hybridized carbons (Fsp3) is 0.581. The van der Waals surface area contributed by atoms with Gasteiger partial charge in [0, 0.05) is 29.7 Å². The maximum atomic E-state index is 13.4. The Balaban J connectivity index is 1.51. The minimum atomic E-state index is -1.21. The van der Waals surface area contributed by atoms with Crippen molar-refractivity contribution in [1.29, 1.82) is 0 Å². The number of carbonyl (C=O) groups is 7. The van der Waals surface area contributed by atoms with Gasteiger partial charge in [0.15, 0.2) is 0 Å². The van der Waals surface area contributed by atoms with Crippen molar-refractivity contribution in [3.8, 4) is 0 Å². The summed E-state index contributed by atoms with van der Waals surface area (Å²) in [6, 6.07) is 3.81. The first-order valence-corrected chi connectivity index (χ1v) is 17.2. The van der Waals surface area contributed by atoms with Crippen LogP contribution in [0.1, 0.15) is 57.9 Å². The number of amides is 8. The van der Waals surface area contributed by atoms with E-state index in [2.05, 4.69) is 37.2 Å². The van der Waals surface area contributed by atoms with E-state index in [1.165, 1.54) is 0 Å². The number of rotatable bonds is 19. The SMILES string of the molecule is CC(C)[C@H](NC(=O)CCCC[C@H]1SC[C@H]2NC(=O)N[C@H]21)C(=O)N[C@@H](CCCNC(N)=O)C(=O)Nc1ccc(COC(=O)NCC(=O)O)cc1. The fourth-order valence-electron chi connectivity index (χ4n) is 5.36.